The third-order valence-corrected chi connectivity index (χ3v) is 7.26. The molecular formula is C32H36N6O2. The van der Waals surface area contributed by atoms with Gasteiger partial charge in [0.15, 0.2) is 5.65 Å². The van der Waals surface area contributed by atoms with E-state index >= 15 is 0 Å². The van der Waals surface area contributed by atoms with Crippen LogP contribution in [0.4, 0.5) is 11.4 Å². The summed E-state index contributed by atoms with van der Waals surface area (Å²) in [6.45, 7) is 11.4. The number of rotatable bonds is 10. The minimum absolute atomic E-state index is 0.261. The van der Waals surface area contributed by atoms with Crippen molar-refractivity contribution in [1.82, 2.24) is 19.9 Å². The molecule has 1 amide bonds. The molecule has 8 heteroatoms. The highest BCUT2D eigenvalue weighted by Crippen LogP contribution is 2.27. The van der Waals surface area contributed by atoms with Crippen LogP contribution >= 0.6 is 0 Å². The second-order valence-electron chi connectivity index (χ2n) is 9.84. The number of carbonyl (C=O) groups excluding carboxylic acids is 1. The zero-order valence-corrected chi connectivity index (χ0v) is 23.1. The first-order chi connectivity index (χ1) is 19.6. The number of piperidine rings is 1. The van der Waals surface area contributed by atoms with E-state index in [1.54, 1.807) is 29.1 Å². The molecule has 2 aromatic heterocycles. The highest BCUT2D eigenvalue weighted by molar-refractivity contribution is 6.03. The first-order valence-corrected chi connectivity index (χ1v) is 13.8. The van der Waals surface area contributed by atoms with Crippen molar-refractivity contribution in [3.05, 3.63) is 97.0 Å². The van der Waals surface area contributed by atoms with Gasteiger partial charge in [0.25, 0.3) is 5.91 Å². The average molecular weight is 537 g/mol. The van der Waals surface area contributed by atoms with Crippen molar-refractivity contribution in [3.63, 3.8) is 0 Å². The molecule has 1 aliphatic rings. The molecule has 0 spiro atoms. The molecular weight excluding hydrogens is 500 g/mol. The van der Waals surface area contributed by atoms with Gasteiger partial charge in [-0.05, 0) is 73.8 Å². The number of allylic oxidation sites excluding steroid dienone is 1. The van der Waals surface area contributed by atoms with Gasteiger partial charge in [-0.1, -0.05) is 43.9 Å². The van der Waals surface area contributed by atoms with Gasteiger partial charge in [0.2, 0.25) is 0 Å². The largest absolute Gasteiger partial charge is 0.489 e. The number of benzene rings is 2. The van der Waals surface area contributed by atoms with Crippen LogP contribution in [-0.2, 0) is 0 Å². The third kappa shape index (κ3) is 6.24. The Bertz CT molecular complexity index is 1500. The van der Waals surface area contributed by atoms with E-state index < -0.39 is 0 Å². The number of carbonyl (C=O) groups is 1. The maximum atomic E-state index is 13.2. The summed E-state index contributed by atoms with van der Waals surface area (Å²) in [6.07, 6.45) is 9.52. The van der Waals surface area contributed by atoms with Crippen LogP contribution in [0.2, 0.25) is 0 Å². The molecule has 0 saturated carbocycles. The summed E-state index contributed by atoms with van der Waals surface area (Å²) >= 11 is 0. The minimum atomic E-state index is -0.261. The van der Waals surface area contributed by atoms with Crippen molar-refractivity contribution in [3.8, 4) is 16.9 Å². The molecule has 0 aliphatic carbocycles. The number of aromatic nitrogens is 3. The van der Waals surface area contributed by atoms with Gasteiger partial charge in [-0.2, -0.15) is 5.10 Å². The monoisotopic (exact) mass is 536 g/mol. The first-order valence-electron chi connectivity index (χ1n) is 13.8. The normalized spacial score (nSPS) is 14.3. The second-order valence-corrected chi connectivity index (χ2v) is 9.84. The summed E-state index contributed by atoms with van der Waals surface area (Å²) in [5.41, 5.74) is 5.61. The summed E-state index contributed by atoms with van der Waals surface area (Å²) in [5, 5.41) is 11.0. The molecule has 206 valence electrons. The number of amides is 1. The van der Waals surface area contributed by atoms with Crippen molar-refractivity contribution < 1.29 is 9.53 Å². The van der Waals surface area contributed by atoms with Crippen molar-refractivity contribution >= 4 is 22.9 Å². The van der Waals surface area contributed by atoms with Crippen LogP contribution in [0.5, 0.6) is 5.75 Å². The van der Waals surface area contributed by atoms with E-state index in [4.69, 9.17) is 4.74 Å². The van der Waals surface area contributed by atoms with Crippen LogP contribution in [-0.4, -0.2) is 52.8 Å². The van der Waals surface area contributed by atoms with Crippen LogP contribution in [0, 0.1) is 0 Å². The van der Waals surface area contributed by atoms with Crippen molar-refractivity contribution in [2.45, 2.75) is 32.7 Å². The Labute approximate surface area is 235 Å². The fourth-order valence-electron chi connectivity index (χ4n) is 4.96. The Morgan fingerprint density at radius 3 is 2.67 bits per heavy atom. The smallest absolute Gasteiger partial charge is 0.274 e. The van der Waals surface area contributed by atoms with E-state index in [2.05, 4.69) is 45.2 Å². The number of nitrogens with one attached hydrogen (secondary N) is 2. The Balaban J connectivity index is 1.28. The molecule has 0 unspecified atom stereocenters. The summed E-state index contributed by atoms with van der Waals surface area (Å²) < 4.78 is 7.52. The maximum Gasteiger partial charge on any atom is 0.274 e. The molecule has 2 aromatic carbocycles. The molecule has 0 atom stereocenters. The van der Waals surface area contributed by atoms with E-state index in [-0.39, 0.29) is 5.91 Å². The average Bonchev–Trinajstić information content (AvgIpc) is 3.42. The standard InChI is InChI=1S/C32H36N6O2/c1-4-23(5-2)22-40-28-12-10-24(11-13-28)29-21-34-38-19-16-30(36-31(29)38)32(39)35-26-8-7-9-27(20-26)37-17-14-25(15-18-37)33-6-3/h4-5,7-13,16,19-21,25,33H,1,6,14-15,17-18,22H2,2-3H3,(H,35,39)/b23-5+. The molecule has 8 nitrogen and oxygen atoms in total. The Kier molecular flexibility index (Phi) is 8.56. The number of nitrogens with zero attached hydrogens (tertiary/aromatic N) is 4. The molecule has 3 heterocycles. The Morgan fingerprint density at radius 2 is 1.95 bits per heavy atom. The summed E-state index contributed by atoms with van der Waals surface area (Å²) in [7, 11) is 0. The van der Waals surface area contributed by atoms with Gasteiger partial charge in [0.05, 0.1) is 6.20 Å². The van der Waals surface area contributed by atoms with Gasteiger partial charge in [-0.15, -0.1) is 0 Å². The molecule has 1 saturated heterocycles. The Morgan fingerprint density at radius 1 is 1.15 bits per heavy atom. The van der Waals surface area contributed by atoms with E-state index in [1.165, 1.54) is 0 Å². The molecule has 0 bridgehead atoms. The van der Waals surface area contributed by atoms with Crippen LogP contribution in [0.25, 0.3) is 16.8 Å². The van der Waals surface area contributed by atoms with Gasteiger partial charge in [0, 0.05) is 42.3 Å². The molecule has 0 radical (unpaired) electrons. The van der Waals surface area contributed by atoms with Crippen LogP contribution in [0.15, 0.2) is 91.3 Å². The molecule has 40 heavy (non-hydrogen) atoms. The molecule has 1 aliphatic heterocycles. The molecule has 1 fully saturated rings. The molecule has 2 N–H and O–H groups in total. The van der Waals surface area contributed by atoms with Crippen LogP contribution in [0.3, 0.4) is 0 Å². The van der Waals surface area contributed by atoms with Gasteiger partial charge in [-0.3, -0.25) is 4.79 Å². The lowest BCUT2D eigenvalue weighted by Crippen LogP contribution is -2.42. The highest BCUT2D eigenvalue weighted by atomic mass is 16.5. The van der Waals surface area contributed by atoms with E-state index in [1.807, 2.05) is 55.5 Å². The predicted octanol–water partition coefficient (Wildman–Crippen LogP) is 5.74. The van der Waals surface area contributed by atoms with E-state index in [0.717, 1.165) is 66.3 Å². The van der Waals surface area contributed by atoms with Gasteiger partial charge in [0.1, 0.15) is 18.1 Å². The van der Waals surface area contributed by atoms with Gasteiger partial charge >= 0.3 is 0 Å². The number of ether oxygens (including phenoxy) is 1. The van der Waals surface area contributed by atoms with Crippen molar-refractivity contribution in [2.24, 2.45) is 0 Å². The fraction of sp³-hybridized carbons (Fsp3) is 0.281. The first kappa shape index (κ1) is 27.1. The van der Waals surface area contributed by atoms with Crippen LogP contribution in [0.1, 0.15) is 37.2 Å². The number of hydrogen-bond donors (Lipinski definition) is 2. The summed E-state index contributed by atoms with van der Waals surface area (Å²) in [6, 6.07) is 18.1. The second kappa shape index (κ2) is 12.6. The number of hydrogen-bond acceptors (Lipinski definition) is 6. The van der Waals surface area contributed by atoms with Crippen LogP contribution < -0.4 is 20.3 Å². The third-order valence-electron chi connectivity index (χ3n) is 7.26. The maximum absolute atomic E-state index is 13.2. The summed E-state index contributed by atoms with van der Waals surface area (Å²) in [5.74, 6) is 0.502. The minimum Gasteiger partial charge on any atom is -0.489 e. The lowest BCUT2D eigenvalue weighted by atomic mass is 10.0. The number of anilines is 2. The topological polar surface area (TPSA) is 83.8 Å². The lowest BCUT2D eigenvalue weighted by Gasteiger charge is -2.34. The summed E-state index contributed by atoms with van der Waals surface area (Å²) in [4.78, 5) is 20.2. The van der Waals surface area contributed by atoms with E-state index in [0.29, 0.717) is 24.0 Å². The number of fused-ring (bicyclic) bond motifs is 1. The quantitative estimate of drug-likeness (QED) is 0.252. The Hall–Kier alpha value is -4.43. The van der Waals surface area contributed by atoms with Crippen molar-refractivity contribution in [1.29, 1.82) is 0 Å². The zero-order chi connectivity index (χ0) is 27.9. The molecule has 4 aromatic rings. The predicted molar refractivity (Wildman–Crippen MR) is 161 cm³/mol. The lowest BCUT2D eigenvalue weighted by molar-refractivity contribution is 0.102. The highest BCUT2D eigenvalue weighted by Gasteiger charge is 2.19. The van der Waals surface area contributed by atoms with Crippen molar-refractivity contribution in [2.75, 3.05) is 36.5 Å². The van der Waals surface area contributed by atoms with Gasteiger partial charge in [-0.25, -0.2) is 9.50 Å². The molecule has 5 rings (SSSR count). The SMILES string of the molecule is C=C/C(=C\C)COc1ccc(-c2cnn3ccc(C(=O)Nc4cccc(N5CCC(NCC)CC5)c4)nc23)cc1. The van der Waals surface area contributed by atoms with E-state index in [9.17, 15) is 4.79 Å². The van der Waals surface area contributed by atoms with Gasteiger partial charge < -0.3 is 20.3 Å². The zero-order valence-electron chi connectivity index (χ0n) is 23.1. The fourth-order valence-corrected chi connectivity index (χ4v) is 4.96.